The van der Waals surface area contributed by atoms with Gasteiger partial charge in [-0.15, -0.1) is 0 Å². The van der Waals surface area contributed by atoms with Gasteiger partial charge in [-0.05, 0) is 69.7 Å². The molecular formula is C27H31F6N3O2. The Bertz CT molecular complexity index is 1160. The van der Waals surface area contributed by atoms with Crippen LogP contribution < -0.4 is 10.2 Å². The van der Waals surface area contributed by atoms with Gasteiger partial charge in [-0.3, -0.25) is 9.59 Å². The first-order chi connectivity index (χ1) is 17.5. The lowest BCUT2D eigenvalue weighted by Gasteiger charge is -2.32. The fourth-order valence-corrected chi connectivity index (χ4v) is 4.90. The van der Waals surface area contributed by atoms with E-state index in [0.29, 0.717) is 30.9 Å². The fraction of sp³-hybridized carbons (Fsp3) is 0.481. The van der Waals surface area contributed by atoms with Gasteiger partial charge in [-0.1, -0.05) is 32.0 Å². The number of para-hydroxylation sites is 1. The normalized spacial score (nSPS) is 20.4. The Morgan fingerprint density at radius 2 is 1.58 bits per heavy atom. The zero-order chi connectivity index (χ0) is 28.6. The van der Waals surface area contributed by atoms with Crippen molar-refractivity contribution in [1.29, 1.82) is 0 Å². The van der Waals surface area contributed by atoms with Gasteiger partial charge in [0.2, 0.25) is 11.8 Å². The summed E-state index contributed by atoms with van der Waals surface area (Å²) in [7, 11) is 1.82. The summed E-state index contributed by atoms with van der Waals surface area (Å²) in [6.45, 7) is 8.10. The average molecular weight is 544 g/mol. The minimum atomic E-state index is -5.06. The lowest BCUT2D eigenvalue weighted by molar-refractivity contribution is -0.143. The van der Waals surface area contributed by atoms with E-state index in [1.54, 1.807) is 6.92 Å². The Labute approximate surface area is 217 Å². The maximum atomic E-state index is 13.8. The first-order valence-corrected chi connectivity index (χ1v) is 12.2. The number of benzene rings is 2. The molecule has 0 unspecified atom stereocenters. The Morgan fingerprint density at radius 3 is 2.05 bits per heavy atom. The minimum Gasteiger partial charge on any atom is -0.325 e. The first-order valence-electron chi connectivity index (χ1n) is 12.2. The molecule has 3 rings (SSSR count). The van der Waals surface area contributed by atoms with Crippen molar-refractivity contribution >= 4 is 23.2 Å². The smallest absolute Gasteiger partial charge is 0.325 e. The number of carbonyl (C=O) groups excluding carboxylic acids is 2. The monoisotopic (exact) mass is 543 g/mol. The number of aryl methyl sites for hydroxylation is 2. The van der Waals surface area contributed by atoms with Crippen molar-refractivity contribution in [2.24, 2.45) is 11.3 Å². The molecule has 0 bridgehead atoms. The third-order valence-electron chi connectivity index (χ3n) is 7.39. The average Bonchev–Trinajstić information content (AvgIpc) is 3.07. The van der Waals surface area contributed by atoms with Crippen LogP contribution in [0.3, 0.4) is 0 Å². The number of hydrogen-bond donors (Lipinski definition) is 1. The fourth-order valence-electron chi connectivity index (χ4n) is 4.90. The van der Waals surface area contributed by atoms with Crippen LogP contribution in [-0.4, -0.2) is 43.4 Å². The van der Waals surface area contributed by atoms with Gasteiger partial charge >= 0.3 is 12.4 Å². The predicted octanol–water partition coefficient (Wildman–Crippen LogP) is 6.29. The number of rotatable bonds is 7. The molecule has 0 saturated carbocycles. The highest BCUT2D eigenvalue weighted by molar-refractivity contribution is 6.07. The molecule has 0 aromatic heterocycles. The number of nitrogens with zero attached hydrogens (tertiary/aromatic N) is 2. The predicted molar refractivity (Wildman–Crippen MR) is 133 cm³/mol. The molecule has 1 aliphatic heterocycles. The van der Waals surface area contributed by atoms with E-state index in [-0.39, 0.29) is 24.9 Å². The van der Waals surface area contributed by atoms with E-state index in [2.05, 4.69) is 5.32 Å². The Morgan fingerprint density at radius 1 is 1.05 bits per heavy atom. The van der Waals surface area contributed by atoms with E-state index in [1.165, 1.54) is 4.90 Å². The maximum Gasteiger partial charge on any atom is 0.416 e. The van der Waals surface area contributed by atoms with Crippen molar-refractivity contribution in [1.82, 2.24) is 4.90 Å². The van der Waals surface area contributed by atoms with Crippen LogP contribution in [0.25, 0.3) is 0 Å². The lowest BCUT2D eigenvalue weighted by atomic mass is 9.74. The molecule has 11 heteroatoms. The molecule has 2 atom stereocenters. The molecule has 208 valence electrons. The van der Waals surface area contributed by atoms with Crippen LogP contribution >= 0.6 is 0 Å². The highest BCUT2D eigenvalue weighted by Gasteiger charge is 2.55. The van der Waals surface area contributed by atoms with Crippen LogP contribution in [0.2, 0.25) is 0 Å². The molecule has 1 N–H and O–H groups in total. The van der Waals surface area contributed by atoms with Crippen molar-refractivity contribution in [3.63, 3.8) is 0 Å². The Hall–Kier alpha value is -3.08. The van der Waals surface area contributed by atoms with Crippen LogP contribution in [0, 0.1) is 25.2 Å². The van der Waals surface area contributed by atoms with Crippen molar-refractivity contribution in [2.45, 2.75) is 46.5 Å². The summed E-state index contributed by atoms with van der Waals surface area (Å²) < 4.78 is 80.3. The highest BCUT2D eigenvalue weighted by atomic mass is 19.4. The SMILES string of the molecule is CCN(C)CC[C@]1(C(=O)Nc2cc(C(F)(F)F)cc(C(F)(F)F)c2)CN(c2c(C)cccc2C)C(=O)[C@H]1C. The summed E-state index contributed by atoms with van der Waals surface area (Å²) in [6.07, 6.45) is -9.95. The summed E-state index contributed by atoms with van der Waals surface area (Å²) in [4.78, 5) is 30.7. The van der Waals surface area contributed by atoms with Crippen LogP contribution in [0.4, 0.5) is 37.7 Å². The van der Waals surface area contributed by atoms with E-state index in [4.69, 9.17) is 0 Å². The van der Waals surface area contributed by atoms with Crippen molar-refractivity contribution < 1.29 is 35.9 Å². The number of amides is 2. The topological polar surface area (TPSA) is 52.7 Å². The number of alkyl halides is 6. The van der Waals surface area contributed by atoms with Gasteiger partial charge in [-0.25, -0.2) is 0 Å². The molecule has 1 fully saturated rings. The summed E-state index contributed by atoms with van der Waals surface area (Å²) in [5, 5.41) is 2.31. The highest BCUT2D eigenvalue weighted by Crippen LogP contribution is 2.45. The quantitative estimate of drug-likeness (QED) is 0.418. The second-order valence-electron chi connectivity index (χ2n) is 9.94. The largest absolute Gasteiger partial charge is 0.416 e. The molecule has 1 heterocycles. The van der Waals surface area contributed by atoms with Crippen molar-refractivity contribution in [3.8, 4) is 0 Å². The molecule has 1 aliphatic rings. The van der Waals surface area contributed by atoms with Crippen LogP contribution in [0.5, 0.6) is 0 Å². The maximum absolute atomic E-state index is 13.8. The molecule has 2 aromatic rings. The van der Waals surface area contributed by atoms with Crippen molar-refractivity contribution in [2.75, 3.05) is 36.9 Å². The second-order valence-corrected chi connectivity index (χ2v) is 9.94. The molecule has 0 spiro atoms. The number of hydrogen-bond acceptors (Lipinski definition) is 3. The molecule has 1 saturated heterocycles. The van der Waals surface area contributed by atoms with Crippen LogP contribution in [0.1, 0.15) is 42.5 Å². The Balaban J connectivity index is 2.07. The third kappa shape index (κ3) is 5.82. The molecule has 2 aromatic carbocycles. The second kappa shape index (κ2) is 10.6. The van der Waals surface area contributed by atoms with Gasteiger partial charge in [0.25, 0.3) is 0 Å². The summed E-state index contributed by atoms with van der Waals surface area (Å²) in [6, 6.07) is 6.44. The van der Waals surface area contributed by atoms with E-state index in [1.807, 2.05) is 50.9 Å². The van der Waals surface area contributed by atoms with Crippen LogP contribution in [0.15, 0.2) is 36.4 Å². The molecule has 0 aliphatic carbocycles. The number of nitrogens with one attached hydrogen (secondary N) is 1. The molecule has 2 amide bonds. The standard InChI is InChI=1S/C27H31F6N3O2/c1-6-35(5)11-10-25(15-36(23(37)18(25)4)22-16(2)8-7-9-17(22)3)24(38)34-21-13-19(26(28,29)30)12-20(14-21)27(31,32)33/h7-9,12-14,18H,6,10-11,15H2,1-5H3,(H,34,38)/t18-,25+/m1/s1. The first kappa shape index (κ1) is 29.5. The van der Waals surface area contributed by atoms with E-state index < -0.39 is 46.4 Å². The third-order valence-corrected chi connectivity index (χ3v) is 7.39. The molecule has 0 radical (unpaired) electrons. The lowest BCUT2D eigenvalue weighted by Crippen LogP contribution is -2.44. The molecule has 38 heavy (non-hydrogen) atoms. The van der Waals surface area contributed by atoms with Crippen LogP contribution in [-0.2, 0) is 21.9 Å². The van der Waals surface area contributed by atoms with E-state index in [9.17, 15) is 35.9 Å². The number of halogens is 6. The summed E-state index contributed by atoms with van der Waals surface area (Å²) in [5.41, 5.74) is -2.85. The molecule has 5 nitrogen and oxygen atoms in total. The molecular weight excluding hydrogens is 512 g/mol. The van der Waals surface area contributed by atoms with Gasteiger partial charge < -0.3 is 15.1 Å². The van der Waals surface area contributed by atoms with E-state index in [0.717, 1.165) is 11.1 Å². The van der Waals surface area contributed by atoms with Gasteiger partial charge in [0, 0.05) is 17.9 Å². The number of anilines is 2. The van der Waals surface area contributed by atoms with Crippen molar-refractivity contribution in [3.05, 3.63) is 58.7 Å². The van der Waals surface area contributed by atoms with Gasteiger partial charge in [0.05, 0.1) is 22.5 Å². The minimum absolute atomic E-state index is 0.00600. The number of carbonyl (C=O) groups is 2. The van der Waals surface area contributed by atoms with Gasteiger partial charge in [-0.2, -0.15) is 26.3 Å². The van der Waals surface area contributed by atoms with Gasteiger partial charge in [0.15, 0.2) is 0 Å². The zero-order valence-electron chi connectivity index (χ0n) is 21.8. The zero-order valence-corrected chi connectivity index (χ0v) is 21.8. The van der Waals surface area contributed by atoms with E-state index >= 15 is 0 Å². The summed E-state index contributed by atoms with van der Waals surface area (Å²) in [5.74, 6) is -2.01. The summed E-state index contributed by atoms with van der Waals surface area (Å²) >= 11 is 0. The Kier molecular flexibility index (Phi) is 8.21. The van der Waals surface area contributed by atoms with Gasteiger partial charge in [0.1, 0.15) is 0 Å².